The molecule has 33 heavy (non-hydrogen) atoms. The minimum Gasteiger partial charge on any atom is -0.330 e. The lowest BCUT2D eigenvalue weighted by molar-refractivity contribution is -0.139. The van der Waals surface area contributed by atoms with Crippen LogP contribution in [0.2, 0.25) is 0 Å². The van der Waals surface area contributed by atoms with Crippen LogP contribution in [0.15, 0.2) is 40.8 Å². The molecule has 3 rings (SSSR count). The molecule has 1 aromatic rings. The van der Waals surface area contributed by atoms with Crippen molar-refractivity contribution in [2.24, 2.45) is 10.6 Å². The third kappa shape index (κ3) is 6.29. The molecule has 2 N–H and O–H groups in total. The number of nitrogens with two attached hydrogens (primary N) is 1. The van der Waals surface area contributed by atoms with E-state index < -0.39 is 27.9 Å². The molecule has 0 radical (unpaired) electrons. The molecular weight excluding hydrogens is 442 g/mol. The Hall–Kier alpha value is -2.52. The lowest BCUT2D eigenvalue weighted by Crippen LogP contribution is -2.47. The second kappa shape index (κ2) is 9.77. The summed E-state index contributed by atoms with van der Waals surface area (Å²) in [5.41, 5.74) is 1.30. The van der Waals surface area contributed by atoms with E-state index in [2.05, 4.69) is 6.08 Å². The molecule has 1 aliphatic heterocycles. The van der Waals surface area contributed by atoms with Crippen LogP contribution in [0.5, 0.6) is 0 Å². The Morgan fingerprint density at radius 3 is 2.36 bits per heavy atom. The largest absolute Gasteiger partial charge is 0.330 e. The molecule has 0 bridgehead atoms. The van der Waals surface area contributed by atoms with E-state index in [4.69, 9.17) is 5.14 Å². The van der Waals surface area contributed by atoms with Gasteiger partial charge in [-0.15, -0.1) is 0 Å². The van der Waals surface area contributed by atoms with Gasteiger partial charge in [0.2, 0.25) is 21.8 Å². The molecular formula is C24H33N3O5S. The van der Waals surface area contributed by atoms with Crippen LogP contribution >= 0.6 is 0 Å². The maximum Gasteiger partial charge on any atom is 0.257 e. The second-order valence-corrected chi connectivity index (χ2v) is 11.6. The summed E-state index contributed by atoms with van der Waals surface area (Å²) in [5.74, 6) is -1.03. The number of carbonyl (C=O) groups excluding carboxylic acids is 3. The highest BCUT2D eigenvalue weighted by molar-refractivity contribution is 7.89. The first-order chi connectivity index (χ1) is 15.4. The summed E-state index contributed by atoms with van der Waals surface area (Å²) < 4.78 is 23.0. The smallest absolute Gasteiger partial charge is 0.257 e. The van der Waals surface area contributed by atoms with Gasteiger partial charge in [-0.3, -0.25) is 14.4 Å². The van der Waals surface area contributed by atoms with Crippen molar-refractivity contribution >= 4 is 33.4 Å². The zero-order valence-corrected chi connectivity index (χ0v) is 20.4. The van der Waals surface area contributed by atoms with Gasteiger partial charge in [-0.05, 0) is 61.8 Å². The Kier molecular flexibility index (Phi) is 7.43. The van der Waals surface area contributed by atoms with Crippen LogP contribution in [-0.4, -0.2) is 43.6 Å². The van der Waals surface area contributed by atoms with Crippen LogP contribution in [0.1, 0.15) is 65.7 Å². The molecule has 8 nitrogen and oxygen atoms in total. The fraction of sp³-hybridized carbons (Fsp3) is 0.542. The molecule has 1 fully saturated rings. The number of hydrogen-bond donors (Lipinski definition) is 1. The number of sulfonamides is 1. The molecule has 9 heteroatoms. The van der Waals surface area contributed by atoms with Gasteiger partial charge in [-0.1, -0.05) is 32.4 Å². The summed E-state index contributed by atoms with van der Waals surface area (Å²) in [4.78, 5) is 41.8. The van der Waals surface area contributed by atoms with Crippen molar-refractivity contribution in [3.8, 4) is 0 Å². The summed E-state index contributed by atoms with van der Waals surface area (Å²) >= 11 is 0. The average molecular weight is 476 g/mol. The summed E-state index contributed by atoms with van der Waals surface area (Å²) in [6.45, 7) is 6.29. The highest BCUT2D eigenvalue weighted by atomic mass is 32.2. The number of imide groups is 1. The van der Waals surface area contributed by atoms with E-state index in [-0.39, 0.29) is 34.7 Å². The van der Waals surface area contributed by atoms with Gasteiger partial charge in [-0.25, -0.2) is 18.5 Å². The molecule has 1 aromatic carbocycles. The summed E-state index contributed by atoms with van der Waals surface area (Å²) in [6.07, 6.45) is 7.43. The predicted molar refractivity (Wildman–Crippen MR) is 126 cm³/mol. The number of allylic oxidation sites excluding steroid dienone is 1. The third-order valence-electron chi connectivity index (χ3n) is 5.98. The minimum atomic E-state index is -3.89. The first-order valence-corrected chi connectivity index (χ1v) is 12.9. The molecule has 1 unspecified atom stereocenters. The Balaban J connectivity index is 1.83. The standard InChI is InChI=1S/C24H33N3O5S/c1-24(2,3)16-22(29)26(14-13-17-7-5-4-6-8-17)20-15-21(28)27(23(20)30)18-9-11-19(12-10-18)33(25,31)32/h7,9-12,20H,4-6,8,13-16H2,1-3H3,(H2,25,31,32). The predicted octanol–water partition coefficient (Wildman–Crippen LogP) is 3.12. The van der Waals surface area contributed by atoms with Crippen molar-refractivity contribution in [3.05, 3.63) is 35.9 Å². The van der Waals surface area contributed by atoms with Gasteiger partial charge in [0.15, 0.2) is 0 Å². The normalized spacial score (nSPS) is 19.6. The van der Waals surface area contributed by atoms with Crippen LogP contribution in [0.4, 0.5) is 5.69 Å². The van der Waals surface area contributed by atoms with Gasteiger partial charge in [0.25, 0.3) is 5.91 Å². The van der Waals surface area contributed by atoms with Gasteiger partial charge in [0.05, 0.1) is 17.0 Å². The van der Waals surface area contributed by atoms with Gasteiger partial charge < -0.3 is 4.90 Å². The number of amides is 3. The molecule has 1 saturated heterocycles. The molecule has 180 valence electrons. The number of rotatable bonds is 7. The van der Waals surface area contributed by atoms with E-state index in [1.807, 2.05) is 20.8 Å². The number of carbonyl (C=O) groups is 3. The van der Waals surface area contributed by atoms with Crippen molar-refractivity contribution in [2.75, 3.05) is 11.4 Å². The van der Waals surface area contributed by atoms with Crippen LogP contribution in [0, 0.1) is 5.41 Å². The highest BCUT2D eigenvalue weighted by Gasteiger charge is 2.44. The second-order valence-electron chi connectivity index (χ2n) is 10.0. The van der Waals surface area contributed by atoms with Crippen LogP contribution in [-0.2, 0) is 24.4 Å². The fourth-order valence-corrected chi connectivity index (χ4v) is 4.84. The number of nitrogens with zero attached hydrogens (tertiary/aromatic N) is 2. The van der Waals surface area contributed by atoms with Gasteiger partial charge in [0, 0.05) is 13.0 Å². The van der Waals surface area contributed by atoms with Crippen molar-refractivity contribution in [2.45, 2.75) is 76.7 Å². The Bertz CT molecular complexity index is 1050. The number of hydrogen-bond acceptors (Lipinski definition) is 5. The van der Waals surface area contributed by atoms with Gasteiger partial charge in [0.1, 0.15) is 6.04 Å². The number of anilines is 1. The summed E-state index contributed by atoms with van der Waals surface area (Å²) in [5, 5.41) is 5.13. The molecule has 3 amide bonds. The van der Waals surface area contributed by atoms with Crippen molar-refractivity contribution < 1.29 is 22.8 Å². The first-order valence-electron chi connectivity index (χ1n) is 11.3. The molecule has 0 aromatic heterocycles. The number of benzene rings is 1. The topological polar surface area (TPSA) is 118 Å². The van der Waals surface area contributed by atoms with Crippen molar-refractivity contribution in [1.29, 1.82) is 0 Å². The molecule has 0 saturated carbocycles. The maximum absolute atomic E-state index is 13.3. The lowest BCUT2D eigenvalue weighted by Gasteiger charge is -2.31. The lowest BCUT2D eigenvalue weighted by atomic mass is 9.91. The van der Waals surface area contributed by atoms with E-state index in [1.165, 1.54) is 36.3 Å². The minimum absolute atomic E-state index is 0.0926. The maximum atomic E-state index is 13.3. The first kappa shape index (κ1) is 25.1. The van der Waals surface area contributed by atoms with Crippen molar-refractivity contribution in [3.63, 3.8) is 0 Å². The highest BCUT2D eigenvalue weighted by Crippen LogP contribution is 2.30. The van der Waals surface area contributed by atoms with Crippen LogP contribution in [0.3, 0.4) is 0 Å². The van der Waals surface area contributed by atoms with E-state index >= 15 is 0 Å². The van der Waals surface area contributed by atoms with Crippen LogP contribution < -0.4 is 10.0 Å². The van der Waals surface area contributed by atoms with Crippen LogP contribution in [0.25, 0.3) is 0 Å². The molecule has 1 atom stereocenters. The van der Waals surface area contributed by atoms with E-state index in [1.54, 1.807) is 4.90 Å². The Morgan fingerprint density at radius 2 is 1.82 bits per heavy atom. The average Bonchev–Trinajstić information content (AvgIpc) is 3.01. The molecule has 2 aliphatic rings. The fourth-order valence-electron chi connectivity index (χ4n) is 4.32. The van der Waals surface area contributed by atoms with E-state index in [0.29, 0.717) is 13.0 Å². The van der Waals surface area contributed by atoms with Crippen molar-refractivity contribution in [1.82, 2.24) is 4.90 Å². The monoisotopic (exact) mass is 475 g/mol. The summed E-state index contributed by atoms with van der Waals surface area (Å²) in [7, 11) is -3.89. The summed E-state index contributed by atoms with van der Waals surface area (Å²) in [6, 6.07) is 4.42. The zero-order valence-electron chi connectivity index (χ0n) is 19.5. The Labute approximate surface area is 195 Å². The van der Waals surface area contributed by atoms with E-state index in [9.17, 15) is 22.8 Å². The number of primary sulfonamides is 1. The quantitative estimate of drug-likeness (QED) is 0.480. The third-order valence-corrected chi connectivity index (χ3v) is 6.91. The molecule has 1 aliphatic carbocycles. The van der Waals surface area contributed by atoms with E-state index in [0.717, 1.165) is 24.2 Å². The van der Waals surface area contributed by atoms with Gasteiger partial charge in [-0.2, -0.15) is 0 Å². The zero-order chi connectivity index (χ0) is 24.4. The molecule has 1 heterocycles. The Morgan fingerprint density at radius 1 is 1.15 bits per heavy atom. The van der Waals surface area contributed by atoms with Gasteiger partial charge >= 0.3 is 0 Å². The SMILES string of the molecule is CC(C)(C)CC(=O)N(CCC1=CCCCC1)C1CC(=O)N(c2ccc(S(N)(=O)=O)cc2)C1=O. The molecule has 0 spiro atoms.